The van der Waals surface area contributed by atoms with Gasteiger partial charge in [-0.15, -0.1) is 0 Å². The lowest BCUT2D eigenvalue weighted by Crippen LogP contribution is -2.24. The van der Waals surface area contributed by atoms with Crippen LogP contribution >= 0.6 is 0 Å². The van der Waals surface area contributed by atoms with E-state index in [9.17, 15) is 14.4 Å². The van der Waals surface area contributed by atoms with Crippen molar-refractivity contribution in [3.63, 3.8) is 0 Å². The van der Waals surface area contributed by atoms with Crippen molar-refractivity contribution < 1.29 is 23.9 Å². The van der Waals surface area contributed by atoms with E-state index >= 15 is 0 Å². The molecule has 7 heteroatoms. The number of benzene rings is 2. The fourth-order valence-corrected chi connectivity index (χ4v) is 2.49. The molecule has 1 aliphatic heterocycles. The molecule has 0 bridgehead atoms. The average Bonchev–Trinajstić information content (AvgIpc) is 3.01. The van der Waals surface area contributed by atoms with Crippen molar-refractivity contribution >= 4 is 29.0 Å². The number of aryl methyl sites for hydroxylation is 1. The molecule has 2 N–H and O–H groups in total. The third-order valence-corrected chi connectivity index (χ3v) is 3.73. The van der Waals surface area contributed by atoms with Gasteiger partial charge in [-0.1, -0.05) is 30.3 Å². The maximum Gasteiger partial charge on any atom is 0.347 e. The van der Waals surface area contributed by atoms with E-state index in [0.29, 0.717) is 11.4 Å². The molecular formula is C20H18N2O5. The van der Waals surface area contributed by atoms with Crippen LogP contribution in [0.5, 0.6) is 0 Å². The number of ether oxygens (including phenoxy) is 2. The van der Waals surface area contributed by atoms with Crippen molar-refractivity contribution in [2.75, 3.05) is 23.8 Å². The zero-order valence-electron chi connectivity index (χ0n) is 14.7. The van der Waals surface area contributed by atoms with Crippen LogP contribution in [-0.2, 0) is 23.9 Å². The van der Waals surface area contributed by atoms with Gasteiger partial charge in [-0.3, -0.25) is 9.59 Å². The molecule has 138 valence electrons. The minimum atomic E-state index is -0.907. The van der Waals surface area contributed by atoms with Gasteiger partial charge in [0.15, 0.2) is 18.8 Å². The number of Topliss-reactive ketones (excluding diaryl/α,β-unsaturated/α-hetero) is 1. The Morgan fingerprint density at radius 2 is 1.81 bits per heavy atom. The maximum absolute atomic E-state index is 12.3. The number of carbonyl (C=O) groups is 3. The second-order valence-electron chi connectivity index (χ2n) is 5.90. The number of carbonyl (C=O) groups excluding carboxylic acids is 3. The van der Waals surface area contributed by atoms with Crippen LogP contribution in [0, 0.1) is 6.92 Å². The zero-order chi connectivity index (χ0) is 19.2. The number of rotatable bonds is 6. The first-order valence-corrected chi connectivity index (χ1v) is 8.29. The van der Waals surface area contributed by atoms with E-state index in [-0.39, 0.29) is 18.1 Å². The molecule has 7 nitrogen and oxygen atoms in total. The molecule has 0 aromatic heterocycles. The third kappa shape index (κ3) is 4.72. The summed E-state index contributed by atoms with van der Waals surface area (Å²) < 4.78 is 10.2. The van der Waals surface area contributed by atoms with Crippen molar-refractivity contribution in [1.82, 2.24) is 0 Å². The summed E-state index contributed by atoms with van der Waals surface area (Å²) in [6.45, 7) is 1.13. The predicted octanol–water partition coefficient (Wildman–Crippen LogP) is 2.40. The zero-order valence-corrected chi connectivity index (χ0v) is 14.7. The molecular weight excluding hydrogens is 348 g/mol. The summed E-state index contributed by atoms with van der Waals surface area (Å²) in [5.74, 6) is -1.89. The molecule has 0 spiro atoms. The van der Waals surface area contributed by atoms with E-state index in [4.69, 9.17) is 9.47 Å². The number of esters is 1. The van der Waals surface area contributed by atoms with Gasteiger partial charge in [0.1, 0.15) is 0 Å². The molecule has 0 fully saturated rings. The smallest absolute Gasteiger partial charge is 0.347 e. The monoisotopic (exact) mass is 366 g/mol. The van der Waals surface area contributed by atoms with Gasteiger partial charge in [0, 0.05) is 11.4 Å². The molecule has 27 heavy (non-hydrogen) atoms. The minimum Gasteiger partial charge on any atom is -0.470 e. The molecule has 0 radical (unpaired) electrons. The summed E-state index contributed by atoms with van der Waals surface area (Å²) in [7, 11) is 0. The second-order valence-corrected chi connectivity index (χ2v) is 5.90. The van der Waals surface area contributed by atoms with Crippen LogP contribution in [0.3, 0.4) is 0 Å². The second kappa shape index (κ2) is 8.18. The van der Waals surface area contributed by atoms with Gasteiger partial charge in [0.25, 0.3) is 5.91 Å². The molecule has 0 atom stereocenters. The highest BCUT2D eigenvalue weighted by atomic mass is 16.5. The first-order chi connectivity index (χ1) is 13.0. The normalized spacial score (nSPS) is 13.1. The summed E-state index contributed by atoms with van der Waals surface area (Å²) in [4.78, 5) is 36.2. The number of para-hydroxylation sites is 1. The van der Waals surface area contributed by atoms with E-state index in [2.05, 4.69) is 10.6 Å². The fourth-order valence-electron chi connectivity index (χ4n) is 2.49. The highest BCUT2D eigenvalue weighted by Crippen LogP contribution is 2.20. The van der Waals surface area contributed by atoms with Crippen LogP contribution in [0.15, 0.2) is 66.1 Å². The molecule has 1 heterocycles. The molecule has 1 aliphatic rings. The Kier molecular flexibility index (Phi) is 5.51. The van der Waals surface area contributed by atoms with Gasteiger partial charge < -0.3 is 20.1 Å². The summed E-state index contributed by atoms with van der Waals surface area (Å²) in [5, 5.41) is 5.50. The molecule has 2 aromatic rings. The van der Waals surface area contributed by atoms with Crippen LogP contribution in [0.2, 0.25) is 0 Å². The topological polar surface area (TPSA) is 93.7 Å². The van der Waals surface area contributed by atoms with Crippen LogP contribution in [0.1, 0.15) is 5.56 Å². The Morgan fingerprint density at radius 1 is 1.07 bits per heavy atom. The molecule has 0 saturated heterocycles. The van der Waals surface area contributed by atoms with E-state index in [1.807, 2.05) is 19.1 Å². The Morgan fingerprint density at radius 3 is 2.56 bits per heavy atom. The van der Waals surface area contributed by atoms with Gasteiger partial charge in [0.2, 0.25) is 11.7 Å². The molecule has 0 unspecified atom stereocenters. The van der Waals surface area contributed by atoms with Crippen molar-refractivity contribution in [1.29, 1.82) is 0 Å². The summed E-state index contributed by atoms with van der Waals surface area (Å²) in [5.41, 5.74) is 2.01. The van der Waals surface area contributed by atoms with Gasteiger partial charge in [-0.25, -0.2) is 4.79 Å². The van der Waals surface area contributed by atoms with Crippen LogP contribution in [0.4, 0.5) is 11.4 Å². The van der Waals surface area contributed by atoms with Crippen LogP contribution in [-0.4, -0.2) is 30.9 Å². The largest absolute Gasteiger partial charge is 0.470 e. The highest BCUT2D eigenvalue weighted by molar-refractivity contribution is 6.20. The summed E-state index contributed by atoms with van der Waals surface area (Å²) >= 11 is 0. The molecule has 3 rings (SSSR count). The van der Waals surface area contributed by atoms with E-state index < -0.39 is 24.3 Å². The van der Waals surface area contributed by atoms with Gasteiger partial charge in [-0.05, 0) is 36.8 Å². The van der Waals surface area contributed by atoms with Crippen LogP contribution in [0.25, 0.3) is 0 Å². The summed E-state index contributed by atoms with van der Waals surface area (Å²) in [6.07, 6.45) is 0. The average molecular weight is 366 g/mol. The van der Waals surface area contributed by atoms with Crippen molar-refractivity contribution in [3.05, 3.63) is 71.6 Å². The Labute approximate surface area is 156 Å². The number of ketones is 1. The summed E-state index contributed by atoms with van der Waals surface area (Å²) in [6, 6.07) is 16.2. The van der Waals surface area contributed by atoms with Crippen LogP contribution < -0.4 is 10.6 Å². The van der Waals surface area contributed by atoms with Crippen molar-refractivity contribution in [2.45, 2.75) is 6.92 Å². The maximum atomic E-state index is 12.3. The van der Waals surface area contributed by atoms with Gasteiger partial charge in [-0.2, -0.15) is 0 Å². The Bertz CT molecular complexity index is 906. The lowest BCUT2D eigenvalue weighted by molar-refractivity contribution is -0.144. The minimum absolute atomic E-state index is 0.0234. The fraction of sp³-hybridized carbons (Fsp3) is 0.150. The van der Waals surface area contributed by atoms with Gasteiger partial charge in [0.05, 0.1) is 0 Å². The Balaban J connectivity index is 1.62. The highest BCUT2D eigenvalue weighted by Gasteiger charge is 2.32. The number of amides is 1. The van der Waals surface area contributed by atoms with E-state index in [1.54, 1.807) is 42.5 Å². The van der Waals surface area contributed by atoms with Crippen molar-refractivity contribution in [3.8, 4) is 0 Å². The Hall–Kier alpha value is -3.61. The van der Waals surface area contributed by atoms with E-state index in [1.165, 1.54) is 0 Å². The first-order valence-electron chi connectivity index (χ1n) is 8.29. The molecule has 0 aliphatic carbocycles. The SMILES string of the molecule is Cc1cccc(NC(=O)COC(=O)C2=C(Nc3ccccc3)OCC2=O)c1. The first kappa shape index (κ1) is 18.2. The number of hydrogen-bond donors (Lipinski definition) is 2. The standard InChI is InChI=1S/C20H18N2O5/c1-13-6-5-9-15(10-13)21-17(24)12-27-20(25)18-16(23)11-26-19(18)22-14-7-3-2-4-8-14/h2-10,22H,11-12H2,1H3,(H,21,24). The quantitative estimate of drug-likeness (QED) is 0.602. The predicted molar refractivity (Wildman–Crippen MR) is 98.8 cm³/mol. The number of anilines is 2. The lowest BCUT2D eigenvalue weighted by Gasteiger charge is -2.09. The van der Waals surface area contributed by atoms with Gasteiger partial charge >= 0.3 is 5.97 Å². The molecule has 1 amide bonds. The molecule has 2 aromatic carbocycles. The lowest BCUT2D eigenvalue weighted by atomic mass is 10.2. The van der Waals surface area contributed by atoms with E-state index in [0.717, 1.165) is 5.56 Å². The third-order valence-electron chi connectivity index (χ3n) is 3.73. The number of nitrogens with one attached hydrogen (secondary N) is 2. The number of hydrogen-bond acceptors (Lipinski definition) is 6. The van der Waals surface area contributed by atoms with Crippen molar-refractivity contribution in [2.24, 2.45) is 0 Å². The molecule has 0 saturated carbocycles.